The molecule has 486 valence electrons. The van der Waals surface area contributed by atoms with Gasteiger partial charge in [-0.1, -0.05) is 248 Å². The number of ether oxygens (including phenoxy) is 4. The highest BCUT2D eigenvalue weighted by atomic mass is 31.2. The summed E-state index contributed by atoms with van der Waals surface area (Å²) in [5.41, 5.74) is 0. The Balaban J connectivity index is 5.27. The smallest absolute Gasteiger partial charge is 0.462 e. The van der Waals surface area contributed by atoms with Gasteiger partial charge in [0.05, 0.1) is 26.4 Å². The van der Waals surface area contributed by atoms with E-state index in [-0.39, 0.29) is 25.7 Å². The first-order chi connectivity index (χ1) is 39.2. The summed E-state index contributed by atoms with van der Waals surface area (Å²) >= 11 is 0. The van der Waals surface area contributed by atoms with E-state index in [0.717, 1.165) is 120 Å². The molecule has 5 unspecified atom stereocenters. The molecule has 0 saturated heterocycles. The first-order valence-corrected chi connectivity index (χ1v) is 35.8. The third-order valence-electron chi connectivity index (χ3n) is 15.4. The molecule has 17 nitrogen and oxygen atoms in total. The lowest BCUT2D eigenvalue weighted by atomic mass is 9.99. The predicted molar refractivity (Wildman–Crippen MR) is 326 cm³/mol. The summed E-state index contributed by atoms with van der Waals surface area (Å²) < 4.78 is 67.9. The van der Waals surface area contributed by atoms with Crippen LogP contribution in [0, 0.1) is 23.7 Å². The molecule has 0 saturated carbocycles. The van der Waals surface area contributed by atoms with Gasteiger partial charge in [-0.25, -0.2) is 9.13 Å². The second-order valence-electron chi connectivity index (χ2n) is 24.0. The molecule has 0 heterocycles. The molecule has 0 aliphatic rings. The van der Waals surface area contributed by atoms with E-state index in [1.165, 1.54) is 89.9 Å². The maximum absolute atomic E-state index is 13.0. The van der Waals surface area contributed by atoms with Crippen LogP contribution in [0.1, 0.15) is 299 Å². The highest BCUT2D eigenvalue weighted by Crippen LogP contribution is 2.45. The molecule has 82 heavy (non-hydrogen) atoms. The van der Waals surface area contributed by atoms with E-state index >= 15 is 0 Å². The largest absolute Gasteiger partial charge is 0.472 e. The minimum atomic E-state index is -4.94. The van der Waals surface area contributed by atoms with Crippen molar-refractivity contribution in [1.82, 2.24) is 0 Å². The number of phosphoric ester groups is 2. The molecular formula is C63H122O17P2. The molecular weight excluding hydrogens is 1090 g/mol. The van der Waals surface area contributed by atoms with Crippen LogP contribution in [0.2, 0.25) is 0 Å². The highest BCUT2D eigenvalue weighted by Gasteiger charge is 2.30. The van der Waals surface area contributed by atoms with Gasteiger partial charge in [0.2, 0.25) is 0 Å². The fourth-order valence-corrected chi connectivity index (χ4v) is 10.7. The van der Waals surface area contributed by atoms with E-state index in [4.69, 9.17) is 37.0 Å². The van der Waals surface area contributed by atoms with Crippen molar-refractivity contribution >= 4 is 39.5 Å². The van der Waals surface area contributed by atoms with E-state index in [2.05, 4.69) is 55.4 Å². The van der Waals surface area contributed by atoms with Crippen molar-refractivity contribution in [3.8, 4) is 0 Å². The summed E-state index contributed by atoms with van der Waals surface area (Å²) in [6.07, 6.45) is 32.2. The molecule has 0 amide bonds. The fraction of sp³-hybridized carbons (Fsp3) is 0.937. The molecule has 0 spiro atoms. The third kappa shape index (κ3) is 53.5. The quantitative estimate of drug-likeness (QED) is 0.0222. The van der Waals surface area contributed by atoms with Gasteiger partial charge in [-0.15, -0.1) is 0 Å². The van der Waals surface area contributed by atoms with Crippen LogP contribution in [0.25, 0.3) is 0 Å². The van der Waals surface area contributed by atoms with Crippen molar-refractivity contribution in [1.29, 1.82) is 0 Å². The number of aliphatic hydroxyl groups excluding tert-OH is 1. The topological polar surface area (TPSA) is 237 Å². The lowest BCUT2D eigenvalue weighted by Crippen LogP contribution is -2.30. The maximum atomic E-state index is 13.0. The van der Waals surface area contributed by atoms with Gasteiger partial charge >= 0.3 is 39.5 Å². The Labute approximate surface area is 498 Å². The van der Waals surface area contributed by atoms with Gasteiger partial charge in [0, 0.05) is 25.7 Å². The van der Waals surface area contributed by atoms with Crippen molar-refractivity contribution in [2.75, 3.05) is 39.6 Å². The maximum Gasteiger partial charge on any atom is 0.472 e. The zero-order chi connectivity index (χ0) is 61.1. The summed E-state index contributed by atoms with van der Waals surface area (Å²) in [5, 5.41) is 10.5. The van der Waals surface area contributed by atoms with Crippen LogP contribution in [0.15, 0.2) is 0 Å². The zero-order valence-electron chi connectivity index (χ0n) is 53.1. The molecule has 0 aliphatic carbocycles. The average molecular weight is 1210 g/mol. The van der Waals surface area contributed by atoms with E-state index in [9.17, 15) is 43.2 Å². The van der Waals surface area contributed by atoms with Crippen LogP contribution >= 0.6 is 15.6 Å². The van der Waals surface area contributed by atoms with E-state index < -0.39 is 97.5 Å². The minimum absolute atomic E-state index is 0.101. The van der Waals surface area contributed by atoms with E-state index in [1.54, 1.807) is 0 Å². The number of hydrogen-bond acceptors (Lipinski definition) is 15. The van der Waals surface area contributed by atoms with E-state index in [0.29, 0.717) is 31.6 Å². The molecule has 19 heteroatoms. The lowest BCUT2D eigenvalue weighted by Gasteiger charge is -2.21. The van der Waals surface area contributed by atoms with Crippen LogP contribution in [0.4, 0.5) is 0 Å². The minimum Gasteiger partial charge on any atom is -0.462 e. The molecule has 0 radical (unpaired) electrons. The fourth-order valence-electron chi connectivity index (χ4n) is 9.16. The van der Waals surface area contributed by atoms with Crippen molar-refractivity contribution < 1.29 is 80.2 Å². The number of aliphatic hydroxyl groups is 1. The van der Waals surface area contributed by atoms with Gasteiger partial charge in [-0.2, -0.15) is 0 Å². The average Bonchev–Trinajstić information content (AvgIpc) is 3.44. The number of rotatable bonds is 60. The van der Waals surface area contributed by atoms with Crippen molar-refractivity contribution in [2.45, 2.75) is 318 Å². The molecule has 3 N–H and O–H groups in total. The van der Waals surface area contributed by atoms with Crippen molar-refractivity contribution in [3.63, 3.8) is 0 Å². The molecule has 0 aromatic rings. The number of carbonyl (C=O) groups is 4. The van der Waals surface area contributed by atoms with Crippen LogP contribution in [-0.2, 0) is 65.4 Å². The summed E-state index contributed by atoms with van der Waals surface area (Å²) in [7, 11) is -9.89. The SMILES string of the molecule is CCC(C)CCCCCCCCCCC(=O)O[C@H](COC(=O)CCCCCCCCC(C)CC)COP(=O)(O)OC[C@H](O)COP(=O)(O)OC[C@@H](COC(=O)CCCCCCCCCC(C)C)OC(=O)CCCCCCCCC(C)CC. The number of carbonyl (C=O) groups excluding carboxylic acids is 4. The molecule has 0 bridgehead atoms. The number of esters is 4. The summed E-state index contributed by atoms with van der Waals surface area (Å²) in [6, 6.07) is 0. The van der Waals surface area contributed by atoms with Crippen molar-refractivity contribution in [3.05, 3.63) is 0 Å². The first kappa shape index (κ1) is 80.1. The Bertz CT molecular complexity index is 1650. The van der Waals surface area contributed by atoms with Gasteiger partial charge in [0.1, 0.15) is 19.3 Å². The molecule has 8 atom stereocenters. The number of hydrogen-bond donors (Lipinski definition) is 3. The Kier molecular flexibility index (Phi) is 52.0. The van der Waals surface area contributed by atoms with Crippen LogP contribution in [0.3, 0.4) is 0 Å². The second kappa shape index (κ2) is 53.3. The first-order valence-electron chi connectivity index (χ1n) is 32.8. The normalized spacial score (nSPS) is 15.5. The van der Waals surface area contributed by atoms with Crippen LogP contribution < -0.4 is 0 Å². The van der Waals surface area contributed by atoms with E-state index in [1.807, 2.05) is 0 Å². The third-order valence-corrected chi connectivity index (χ3v) is 17.3. The monoisotopic (exact) mass is 1210 g/mol. The van der Waals surface area contributed by atoms with Gasteiger partial charge < -0.3 is 33.8 Å². The molecule has 0 aromatic heterocycles. The van der Waals surface area contributed by atoms with Gasteiger partial charge in [-0.3, -0.25) is 37.3 Å². The zero-order valence-corrected chi connectivity index (χ0v) is 54.9. The summed E-state index contributed by atoms with van der Waals surface area (Å²) in [5.74, 6) is 0.781. The van der Waals surface area contributed by atoms with Crippen LogP contribution in [-0.4, -0.2) is 96.7 Å². The van der Waals surface area contributed by atoms with Crippen molar-refractivity contribution in [2.24, 2.45) is 23.7 Å². The molecule has 0 rings (SSSR count). The molecule has 0 aliphatic heterocycles. The lowest BCUT2D eigenvalue weighted by molar-refractivity contribution is -0.161. The van der Waals surface area contributed by atoms with Gasteiger partial charge in [0.25, 0.3) is 0 Å². The number of unbranched alkanes of at least 4 members (excludes halogenated alkanes) is 23. The van der Waals surface area contributed by atoms with Crippen LogP contribution in [0.5, 0.6) is 0 Å². The van der Waals surface area contributed by atoms with Gasteiger partial charge in [0.15, 0.2) is 12.2 Å². The Morgan fingerprint density at radius 1 is 0.341 bits per heavy atom. The van der Waals surface area contributed by atoms with Gasteiger partial charge in [-0.05, 0) is 49.4 Å². The summed E-state index contributed by atoms with van der Waals surface area (Å²) in [6.45, 7) is 13.9. The molecule has 0 aromatic carbocycles. The highest BCUT2D eigenvalue weighted by molar-refractivity contribution is 7.47. The Morgan fingerprint density at radius 2 is 0.585 bits per heavy atom. The number of phosphoric acid groups is 2. The Morgan fingerprint density at radius 3 is 0.866 bits per heavy atom. The standard InChI is InChI=1S/C63H122O17P2/c1-9-54(6)40-32-24-16-12-13-17-29-37-45-62(67)79-58(50-74-61(66)44-36-28-21-19-25-33-41-55(7)10-2)51-77-81(69,70)75-47-57(64)48-76-82(71,72)78-52-59(80-63(68)46-38-30-22-20-26-34-42-56(8)11-3)49-73-60(65)43-35-27-18-14-15-23-31-39-53(4)5/h53-59,64H,9-52H2,1-8H3,(H,69,70)(H,71,72)/t54?,55?,56?,57-,58+,59+/m0/s1. The second-order valence-corrected chi connectivity index (χ2v) is 26.9. The molecule has 0 fully saturated rings. The predicted octanol–water partition coefficient (Wildman–Crippen LogP) is 17.0. The Hall–Kier alpha value is -1.94. The summed E-state index contributed by atoms with van der Waals surface area (Å²) in [4.78, 5) is 72.1.